The Hall–Kier alpha value is -1.01. The molecule has 3 heteroatoms. The van der Waals surface area contributed by atoms with Gasteiger partial charge in [-0.2, -0.15) is 0 Å². The highest BCUT2D eigenvalue weighted by Crippen LogP contribution is 2.17. The van der Waals surface area contributed by atoms with Gasteiger partial charge in [-0.15, -0.1) is 12.3 Å². The fraction of sp³-hybridized carbons (Fsp3) is 0.750. The molecule has 0 aliphatic rings. The summed E-state index contributed by atoms with van der Waals surface area (Å²) >= 11 is 0. The number of carbonyl (C=O) groups is 1. The Morgan fingerprint density at radius 2 is 2.07 bits per heavy atom. The summed E-state index contributed by atoms with van der Waals surface area (Å²) in [5, 5.41) is 2.87. The van der Waals surface area contributed by atoms with Gasteiger partial charge < -0.3 is 11.1 Å². The zero-order chi connectivity index (χ0) is 12.1. The van der Waals surface area contributed by atoms with Crippen molar-refractivity contribution in [1.29, 1.82) is 0 Å². The second-order valence-corrected chi connectivity index (χ2v) is 4.87. The molecule has 0 radical (unpaired) electrons. The van der Waals surface area contributed by atoms with Crippen LogP contribution in [0, 0.1) is 17.8 Å². The molecule has 0 aliphatic heterocycles. The van der Waals surface area contributed by atoms with E-state index in [9.17, 15) is 4.79 Å². The van der Waals surface area contributed by atoms with Gasteiger partial charge in [-0.25, -0.2) is 0 Å². The van der Waals surface area contributed by atoms with Gasteiger partial charge in [-0.1, -0.05) is 27.7 Å². The van der Waals surface area contributed by atoms with Gasteiger partial charge in [0.05, 0.1) is 6.04 Å². The third kappa shape index (κ3) is 4.85. The molecule has 0 rings (SSSR count). The molecule has 0 saturated carbocycles. The largest absolute Gasteiger partial charge is 0.351 e. The number of hydrogen-bond acceptors (Lipinski definition) is 2. The predicted octanol–water partition coefficient (Wildman–Crippen LogP) is 1.28. The Balaban J connectivity index is 4.30. The maximum atomic E-state index is 11.7. The molecule has 0 bridgehead atoms. The first-order chi connectivity index (χ1) is 6.82. The second-order valence-electron chi connectivity index (χ2n) is 4.87. The lowest BCUT2D eigenvalue weighted by atomic mass is 9.86. The van der Waals surface area contributed by atoms with Crippen LogP contribution < -0.4 is 11.1 Å². The second kappa shape index (κ2) is 5.77. The van der Waals surface area contributed by atoms with Gasteiger partial charge in [0.25, 0.3) is 0 Å². The van der Waals surface area contributed by atoms with E-state index in [1.807, 2.05) is 27.7 Å². The van der Waals surface area contributed by atoms with E-state index in [-0.39, 0.29) is 17.4 Å². The van der Waals surface area contributed by atoms with Crippen LogP contribution in [0.5, 0.6) is 0 Å². The molecule has 1 amide bonds. The van der Waals surface area contributed by atoms with Crippen LogP contribution in [0.3, 0.4) is 0 Å². The van der Waals surface area contributed by atoms with Crippen LogP contribution in [-0.4, -0.2) is 18.0 Å². The van der Waals surface area contributed by atoms with E-state index in [1.165, 1.54) is 0 Å². The van der Waals surface area contributed by atoms with Gasteiger partial charge in [0.15, 0.2) is 0 Å². The number of nitrogens with one attached hydrogen (secondary N) is 1. The molecule has 1 unspecified atom stereocenters. The zero-order valence-corrected chi connectivity index (χ0v) is 10.1. The van der Waals surface area contributed by atoms with Crippen LogP contribution in [0.4, 0.5) is 0 Å². The van der Waals surface area contributed by atoms with E-state index in [1.54, 1.807) is 0 Å². The van der Waals surface area contributed by atoms with Gasteiger partial charge in [0.1, 0.15) is 0 Å². The van der Waals surface area contributed by atoms with E-state index in [2.05, 4.69) is 11.2 Å². The summed E-state index contributed by atoms with van der Waals surface area (Å²) in [5.41, 5.74) is 5.61. The number of terminal acetylenes is 1. The average molecular weight is 210 g/mol. The smallest absolute Gasteiger partial charge is 0.237 e. The first kappa shape index (κ1) is 14.0. The fourth-order valence-corrected chi connectivity index (χ4v) is 1.12. The SMILES string of the molecule is C#CCC(CC)NC(=O)[C@H](N)C(C)(C)C. The maximum Gasteiger partial charge on any atom is 0.237 e. The van der Waals surface area contributed by atoms with Crippen LogP contribution in [0.25, 0.3) is 0 Å². The first-order valence-electron chi connectivity index (χ1n) is 5.32. The highest BCUT2D eigenvalue weighted by molar-refractivity contribution is 5.82. The summed E-state index contributed by atoms with van der Waals surface area (Å²) in [4.78, 5) is 11.7. The Bertz CT molecular complexity index is 247. The fourth-order valence-electron chi connectivity index (χ4n) is 1.12. The molecule has 15 heavy (non-hydrogen) atoms. The summed E-state index contributed by atoms with van der Waals surface area (Å²) in [6, 6.07) is -0.458. The lowest BCUT2D eigenvalue weighted by Crippen LogP contribution is -2.51. The average Bonchev–Trinajstić information content (AvgIpc) is 2.14. The Labute approximate surface area is 92.8 Å². The predicted molar refractivity (Wildman–Crippen MR) is 63.1 cm³/mol. The number of nitrogens with two attached hydrogens (primary N) is 1. The van der Waals surface area contributed by atoms with Crippen molar-refractivity contribution < 1.29 is 4.79 Å². The van der Waals surface area contributed by atoms with Crippen molar-refractivity contribution in [3.05, 3.63) is 0 Å². The van der Waals surface area contributed by atoms with E-state index in [0.29, 0.717) is 6.42 Å². The van der Waals surface area contributed by atoms with Gasteiger partial charge >= 0.3 is 0 Å². The van der Waals surface area contributed by atoms with Crippen molar-refractivity contribution in [3.8, 4) is 12.3 Å². The summed E-state index contributed by atoms with van der Waals surface area (Å²) in [5.74, 6) is 2.43. The lowest BCUT2D eigenvalue weighted by Gasteiger charge is -2.27. The topological polar surface area (TPSA) is 55.1 Å². The van der Waals surface area contributed by atoms with E-state index in [0.717, 1.165) is 6.42 Å². The third-order valence-corrected chi connectivity index (χ3v) is 2.42. The van der Waals surface area contributed by atoms with E-state index >= 15 is 0 Å². The van der Waals surface area contributed by atoms with Crippen molar-refractivity contribution in [2.45, 2.75) is 52.6 Å². The van der Waals surface area contributed by atoms with Crippen molar-refractivity contribution >= 4 is 5.91 Å². The molecule has 0 aliphatic carbocycles. The number of amides is 1. The van der Waals surface area contributed by atoms with E-state index in [4.69, 9.17) is 12.2 Å². The summed E-state index contributed by atoms with van der Waals surface area (Å²) < 4.78 is 0. The Kier molecular flexibility index (Phi) is 5.38. The molecule has 0 fully saturated rings. The van der Waals surface area contributed by atoms with Crippen molar-refractivity contribution in [2.24, 2.45) is 11.1 Å². The molecule has 2 atom stereocenters. The minimum atomic E-state index is -0.496. The van der Waals surface area contributed by atoms with Gasteiger partial charge in [-0.3, -0.25) is 4.79 Å². The van der Waals surface area contributed by atoms with E-state index < -0.39 is 6.04 Å². The number of carbonyl (C=O) groups excluding carboxylic acids is 1. The summed E-state index contributed by atoms with van der Waals surface area (Å²) in [7, 11) is 0. The molecule has 86 valence electrons. The van der Waals surface area contributed by atoms with Crippen molar-refractivity contribution in [1.82, 2.24) is 5.32 Å². The molecule has 0 aromatic rings. The minimum absolute atomic E-state index is 0.0379. The maximum absolute atomic E-state index is 11.7. The molecular formula is C12H22N2O. The quantitative estimate of drug-likeness (QED) is 0.687. The van der Waals surface area contributed by atoms with Crippen LogP contribution in [0.15, 0.2) is 0 Å². The molecule has 0 aromatic heterocycles. The monoisotopic (exact) mass is 210 g/mol. The molecule has 0 heterocycles. The summed E-state index contributed by atoms with van der Waals surface area (Å²) in [6.07, 6.45) is 6.59. The molecule has 0 saturated heterocycles. The van der Waals surface area contributed by atoms with Crippen LogP contribution >= 0.6 is 0 Å². The normalized spacial score (nSPS) is 15.2. The third-order valence-electron chi connectivity index (χ3n) is 2.42. The highest BCUT2D eigenvalue weighted by atomic mass is 16.2. The minimum Gasteiger partial charge on any atom is -0.351 e. The Morgan fingerprint density at radius 1 is 1.53 bits per heavy atom. The number of rotatable bonds is 4. The Morgan fingerprint density at radius 3 is 2.40 bits per heavy atom. The van der Waals surface area contributed by atoms with Gasteiger partial charge in [0, 0.05) is 12.5 Å². The molecular weight excluding hydrogens is 188 g/mol. The molecule has 3 nitrogen and oxygen atoms in total. The van der Waals surface area contributed by atoms with Crippen molar-refractivity contribution in [3.63, 3.8) is 0 Å². The zero-order valence-electron chi connectivity index (χ0n) is 10.1. The highest BCUT2D eigenvalue weighted by Gasteiger charge is 2.28. The van der Waals surface area contributed by atoms with Gasteiger partial charge in [-0.05, 0) is 11.8 Å². The number of hydrogen-bond donors (Lipinski definition) is 2. The molecule has 0 spiro atoms. The summed E-state index contributed by atoms with van der Waals surface area (Å²) in [6.45, 7) is 7.82. The lowest BCUT2D eigenvalue weighted by molar-refractivity contribution is -0.125. The standard InChI is InChI=1S/C12H22N2O/c1-6-8-9(7-2)14-11(15)10(13)12(3,4)5/h1,9-10H,7-8,13H2,2-5H3,(H,14,15)/t9?,10-/m0/s1. The van der Waals surface area contributed by atoms with Crippen LogP contribution in [-0.2, 0) is 4.79 Å². The molecule has 3 N–H and O–H groups in total. The van der Waals surface area contributed by atoms with Gasteiger partial charge in [0.2, 0.25) is 5.91 Å². The first-order valence-corrected chi connectivity index (χ1v) is 5.32. The van der Waals surface area contributed by atoms with Crippen LogP contribution in [0.1, 0.15) is 40.5 Å². The van der Waals surface area contributed by atoms with Crippen LogP contribution in [0.2, 0.25) is 0 Å². The van der Waals surface area contributed by atoms with Crippen molar-refractivity contribution in [2.75, 3.05) is 0 Å². The molecule has 0 aromatic carbocycles.